The van der Waals surface area contributed by atoms with Crippen molar-refractivity contribution < 1.29 is 14.3 Å². The van der Waals surface area contributed by atoms with Crippen molar-refractivity contribution in [2.45, 2.75) is 26.1 Å². The number of carbonyl (C=O) groups excluding carboxylic acids is 1. The number of thiophene rings is 1. The van der Waals surface area contributed by atoms with Gasteiger partial charge in [-0.3, -0.25) is 18.7 Å². The normalized spacial score (nSPS) is 11.0. The smallest absolute Gasteiger partial charge is 0.332 e. The molecule has 9 heteroatoms. The Kier molecular flexibility index (Phi) is 6.84. The van der Waals surface area contributed by atoms with Crippen molar-refractivity contribution in [1.82, 2.24) is 14.5 Å². The topological polar surface area (TPSA) is 91.6 Å². The third-order valence-electron chi connectivity index (χ3n) is 4.52. The number of rotatable bonds is 9. The summed E-state index contributed by atoms with van der Waals surface area (Å²) < 4.78 is 13.1. The van der Waals surface area contributed by atoms with E-state index in [-0.39, 0.29) is 24.6 Å². The Morgan fingerprint density at radius 3 is 2.55 bits per heavy atom. The number of hydrogen-bond acceptors (Lipinski definition) is 6. The second-order valence-corrected chi connectivity index (χ2v) is 7.35. The van der Waals surface area contributed by atoms with Gasteiger partial charge in [0.25, 0.3) is 5.56 Å². The van der Waals surface area contributed by atoms with Gasteiger partial charge in [-0.2, -0.15) is 0 Å². The fourth-order valence-electron chi connectivity index (χ4n) is 2.99. The Hall–Kier alpha value is -2.91. The summed E-state index contributed by atoms with van der Waals surface area (Å²) in [4.78, 5) is 38.0. The quantitative estimate of drug-likeness (QED) is 0.534. The van der Waals surface area contributed by atoms with Crippen LogP contribution in [0.1, 0.15) is 12.0 Å². The van der Waals surface area contributed by atoms with Gasteiger partial charge in [-0.15, -0.1) is 11.3 Å². The van der Waals surface area contributed by atoms with E-state index in [4.69, 9.17) is 9.47 Å². The van der Waals surface area contributed by atoms with Crippen LogP contribution in [-0.4, -0.2) is 35.9 Å². The predicted octanol–water partition coefficient (Wildman–Crippen LogP) is 1.59. The molecule has 0 atom stereocenters. The number of nitrogens with one attached hydrogen (secondary N) is 1. The Morgan fingerprint density at radius 2 is 1.86 bits per heavy atom. The number of aromatic nitrogens is 2. The van der Waals surface area contributed by atoms with Crippen LogP contribution in [0.25, 0.3) is 10.2 Å². The largest absolute Gasteiger partial charge is 0.497 e. The highest BCUT2D eigenvalue weighted by molar-refractivity contribution is 7.17. The van der Waals surface area contributed by atoms with Crippen LogP contribution in [0, 0.1) is 0 Å². The molecule has 0 bridgehead atoms. The molecule has 2 heterocycles. The van der Waals surface area contributed by atoms with Gasteiger partial charge >= 0.3 is 5.69 Å². The lowest BCUT2D eigenvalue weighted by atomic mass is 10.2. The highest BCUT2D eigenvalue weighted by atomic mass is 32.1. The van der Waals surface area contributed by atoms with Crippen LogP contribution in [0.4, 0.5) is 0 Å². The summed E-state index contributed by atoms with van der Waals surface area (Å²) in [5.74, 6) is 0.430. The molecule has 0 aliphatic rings. The van der Waals surface area contributed by atoms with Crippen molar-refractivity contribution in [1.29, 1.82) is 0 Å². The maximum atomic E-state index is 12.9. The van der Waals surface area contributed by atoms with Crippen LogP contribution in [0.5, 0.6) is 5.75 Å². The standard InChI is InChI=1S/C20H23N3O5S/c1-27-10-3-9-22-19(25)18-16(8-11-29-18)23(20(22)26)13-17(24)21-12-14-4-6-15(28-2)7-5-14/h4-8,11H,3,9-10,12-13H2,1-2H3,(H,21,24). The third-order valence-corrected chi connectivity index (χ3v) is 5.41. The molecule has 1 amide bonds. The van der Waals surface area contributed by atoms with Gasteiger partial charge in [0, 0.05) is 26.8 Å². The summed E-state index contributed by atoms with van der Waals surface area (Å²) in [5, 5.41) is 4.56. The first kappa shape index (κ1) is 20.8. The summed E-state index contributed by atoms with van der Waals surface area (Å²) in [6.45, 7) is 0.855. The molecule has 0 radical (unpaired) electrons. The van der Waals surface area contributed by atoms with Crippen LogP contribution >= 0.6 is 11.3 Å². The third kappa shape index (κ3) is 4.75. The highest BCUT2D eigenvalue weighted by Gasteiger charge is 2.16. The molecule has 3 rings (SSSR count). The molecule has 2 aromatic heterocycles. The molecule has 1 N–H and O–H groups in total. The summed E-state index contributed by atoms with van der Waals surface area (Å²) in [5.41, 5.74) is 0.576. The average molecular weight is 417 g/mol. The van der Waals surface area contributed by atoms with E-state index in [1.165, 1.54) is 20.5 Å². The first-order chi connectivity index (χ1) is 14.0. The van der Waals surface area contributed by atoms with Gasteiger partial charge in [0.15, 0.2) is 0 Å². The minimum Gasteiger partial charge on any atom is -0.497 e. The van der Waals surface area contributed by atoms with E-state index in [1.807, 2.05) is 24.3 Å². The van der Waals surface area contributed by atoms with Gasteiger partial charge in [0.1, 0.15) is 17.0 Å². The first-order valence-electron chi connectivity index (χ1n) is 9.14. The van der Waals surface area contributed by atoms with Crippen LogP contribution in [0.2, 0.25) is 0 Å². The molecule has 0 spiro atoms. The number of fused-ring (bicyclic) bond motifs is 1. The molecule has 0 aliphatic carbocycles. The number of nitrogens with zero attached hydrogens (tertiary/aromatic N) is 2. The lowest BCUT2D eigenvalue weighted by molar-refractivity contribution is -0.121. The molecule has 0 saturated carbocycles. The van der Waals surface area contributed by atoms with Crippen molar-refractivity contribution in [3.05, 3.63) is 62.1 Å². The zero-order chi connectivity index (χ0) is 20.8. The fourth-order valence-corrected chi connectivity index (χ4v) is 3.84. The van der Waals surface area contributed by atoms with E-state index in [1.54, 1.807) is 25.7 Å². The Balaban J connectivity index is 1.79. The van der Waals surface area contributed by atoms with Gasteiger partial charge in [0.05, 0.1) is 12.6 Å². The molecule has 8 nitrogen and oxygen atoms in total. The monoisotopic (exact) mass is 417 g/mol. The number of carbonyl (C=O) groups is 1. The Bertz CT molecular complexity index is 1100. The van der Waals surface area contributed by atoms with E-state index in [0.29, 0.717) is 29.8 Å². The minimum atomic E-state index is -0.489. The molecule has 154 valence electrons. The van der Waals surface area contributed by atoms with Crippen molar-refractivity contribution in [3.8, 4) is 5.75 Å². The molecule has 3 aromatic rings. The number of amides is 1. The van der Waals surface area contributed by atoms with Crippen molar-refractivity contribution >= 4 is 27.5 Å². The van der Waals surface area contributed by atoms with E-state index in [9.17, 15) is 14.4 Å². The van der Waals surface area contributed by atoms with E-state index in [0.717, 1.165) is 11.3 Å². The summed E-state index contributed by atoms with van der Waals surface area (Å²) in [6.07, 6.45) is 0.534. The molecular formula is C20H23N3O5S. The molecule has 0 fully saturated rings. The van der Waals surface area contributed by atoms with E-state index < -0.39 is 5.69 Å². The molecule has 29 heavy (non-hydrogen) atoms. The number of methoxy groups -OCH3 is 2. The minimum absolute atomic E-state index is 0.160. The molecule has 0 aliphatic heterocycles. The number of hydrogen-bond donors (Lipinski definition) is 1. The molecular weight excluding hydrogens is 394 g/mol. The number of benzene rings is 1. The maximum Gasteiger partial charge on any atom is 0.332 e. The average Bonchev–Trinajstić information content (AvgIpc) is 3.22. The maximum absolute atomic E-state index is 12.9. The van der Waals surface area contributed by atoms with Crippen molar-refractivity contribution in [3.63, 3.8) is 0 Å². The van der Waals surface area contributed by atoms with E-state index in [2.05, 4.69) is 5.32 Å². The number of ether oxygens (including phenoxy) is 2. The van der Waals surface area contributed by atoms with E-state index >= 15 is 0 Å². The second-order valence-electron chi connectivity index (χ2n) is 6.43. The Labute approximate surface area is 171 Å². The Morgan fingerprint density at radius 1 is 1.10 bits per heavy atom. The van der Waals surface area contributed by atoms with Crippen LogP contribution in [-0.2, 0) is 29.2 Å². The highest BCUT2D eigenvalue weighted by Crippen LogP contribution is 2.15. The second kappa shape index (κ2) is 9.53. The van der Waals surface area contributed by atoms with Crippen molar-refractivity contribution in [2.75, 3.05) is 20.8 Å². The summed E-state index contributed by atoms with van der Waals surface area (Å²) >= 11 is 1.26. The van der Waals surface area contributed by atoms with Crippen LogP contribution in [0.3, 0.4) is 0 Å². The molecule has 0 unspecified atom stereocenters. The van der Waals surface area contributed by atoms with Crippen molar-refractivity contribution in [2.24, 2.45) is 0 Å². The molecule has 0 saturated heterocycles. The lowest BCUT2D eigenvalue weighted by Gasteiger charge is -2.12. The van der Waals surface area contributed by atoms with Gasteiger partial charge in [-0.05, 0) is 35.6 Å². The molecule has 1 aromatic carbocycles. The fraction of sp³-hybridized carbons (Fsp3) is 0.350. The van der Waals surface area contributed by atoms with Crippen LogP contribution < -0.4 is 21.3 Å². The van der Waals surface area contributed by atoms with Gasteiger partial charge < -0.3 is 14.8 Å². The summed E-state index contributed by atoms with van der Waals surface area (Å²) in [6, 6.07) is 9.04. The summed E-state index contributed by atoms with van der Waals surface area (Å²) in [7, 11) is 3.16. The van der Waals surface area contributed by atoms with Crippen LogP contribution in [0.15, 0.2) is 45.3 Å². The SMILES string of the molecule is COCCCn1c(=O)c2sccc2n(CC(=O)NCc2ccc(OC)cc2)c1=O. The van der Waals surface area contributed by atoms with Gasteiger partial charge in [0.2, 0.25) is 5.91 Å². The first-order valence-corrected chi connectivity index (χ1v) is 10.0. The van der Waals surface area contributed by atoms with Gasteiger partial charge in [-0.1, -0.05) is 12.1 Å². The predicted molar refractivity (Wildman–Crippen MR) is 112 cm³/mol. The zero-order valence-electron chi connectivity index (χ0n) is 16.3. The lowest BCUT2D eigenvalue weighted by Crippen LogP contribution is -2.42. The zero-order valence-corrected chi connectivity index (χ0v) is 17.2. The van der Waals surface area contributed by atoms with Gasteiger partial charge in [-0.25, -0.2) is 4.79 Å².